The zero-order valence-electron chi connectivity index (χ0n) is 9.63. The van der Waals surface area contributed by atoms with Crippen molar-refractivity contribution in [1.82, 2.24) is 0 Å². The number of carbonyl (C=O) groups is 2. The van der Waals surface area contributed by atoms with Crippen molar-refractivity contribution in [2.24, 2.45) is 5.73 Å². The van der Waals surface area contributed by atoms with Crippen molar-refractivity contribution in [2.75, 3.05) is 6.61 Å². The average molecular weight is 247 g/mol. The lowest BCUT2D eigenvalue weighted by atomic mass is 10.1. The molecule has 1 rings (SSSR count). The third-order valence-electron chi connectivity index (χ3n) is 2.05. The zero-order valence-corrected chi connectivity index (χ0v) is 9.63. The molecule has 0 spiro atoms. The van der Waals surface area contributed by atoms with E-state index in [4.69, 9.17) is 15.6 Å². The number of carbonyl (C=O) groups excluding carboxylic acids is 1. The molecule has 0 aliphatic rings. The van der Waals surface area contributed by atoms with Gasteiger partial charge in [-0.25, -0.2) is 4.79 Å². The number of ether oxygens (including phenoxy) is 1. The molecule has 0 unspecified atom stereocenters. The summed E-state index contributed by atoms with van der Waals surface area (Å²) in [5, 5.41) is 8.97. The van der Waals surface area contributed by atoms with Gasteiger partial charge in [-0.15, -0.1) is 0 Å². The molecule has 0 saturated carbocycles. The minimum atomic E-state index is -1.21. The number of aliphatic carboxylic acids is 1. The molecule has 0 atom stereocenters. The first-order chi connectivity index (χ1) is 8.54. The monoisotopic (exact) mass is 247 g/mol. The van der Waals surface area contributed by atoms with Crippen LogP contribution in [-0.2, 0) is 9.59 Å². The van der Waals surface area contributed by atoms with E-state index in [1.54, 1.807) is 30.3 Å². The van der Waals surface area contributed by atoms with Crippen LogP contribution in [0.25, 0.3) is 5.57 Å². The standard InChI is InChI=1S/C13H13NO4/c1-2-7-18-10-5-3-9(4-6-10)11(13(16)17)8-12(14)15/h2-6,8H,1,7H2,(H2,14,15)(H,16,17)/b11-8-. The second-order valence-corrected chi connectivity index (χ2v) is 3.39. The number of hydrogen-bond acceptors (Lipinski definition) is 3. The van der Waals surface area contributed by atoms with Gasteiger partial charge in [0.1, 0.15) is 12.4 Å². The number of rotatable bonds is 6. The molecule has 0 radical (unpaired) electrons. The summed E-state index contributed by atoms with van der Waals surface area (Å²) in [4.78, 5) is 21.7. The normalized spacial score (nSPS) is 10.8. The van der Waals surface area contributed by atoms with Crippen LogP contribution in [0.15, 0.2) is 43.0 Å². The van der Waals surface area contributed by atoms with E-state index in [0.717, 1.165) is 6.08 Å². The van der Waals surface area contributed by atoms with E-state index in [1.807, 2.05) is 0 Å². The lowest BCUT2D eigenvalue weighted by Crippen LogP contribution is -2.10. The zero-order chi connectivity index (χ0) is 13.5. The highest BCUT2D eigenvalue weighted by Crippen LogP contribution is 2.19. The van der Waals surface area contributed by atoms with Gasteiger partial charge in [-0.2, -0.15) is 0 Å². The van der Waals surface area contributed by atoms with E-state index in [9.17, 15) is 9.59 Å². The highest BCUT2D eigenvalue weighted by atomic mass is 16.5. The number of benzene rings is 1. The van der Waals surface area contributed by atoms with Gasteiger partial charge in [0, 0.05) is 6.08 Å². The smallest absolute Gasteiger partial charge is 0.336 e. The molecule has 5 nitrogen and oxygen atoms in total. The van der Waals surface area contributed by atoms with E-state index < -0.39 is 11.9 Å². The topological polar surface area (TPSA) is 89.6 Å². The Labute approximate surface area is 104 Å². The van der Waals surface area contributed by atoms with E-state index in [-0.39, 0.29) is 5.57 Å². The molecule has 0 aliphatic carbocycles. The predicted octanol–water partition coefficient (Wildman–Crippen LogP) is 1.20. The quantitative estimate of drug-likeness (QED) is 0.584. The highest BCUT2D eigenvalue weighted by Gasteiger charge is 2.11. The molecule has 18 heavy (non-hydrogen) atoms. The van der Waals surface area contributed by atoms with Gasteiger partial charge in [0.2, 0.25) is 5.91 Å². The Hall–Kier alpha value is -2.56. The van der Waals surface area contributed by atoms with Crippen LogP contribution in [0.2, 0.25) is 0 Å². The first-order valence-electron chi connectivity index (χ1n) is 5.13. The Kier molecular flexibility index (Phi) is 4.68. The second-order valence-electron chi connectivity index (χ2n) is 3.39. The van der Waals surface area contributed by atoms with Crippen LogP contribution < -0.4 is 10.5 Å². The lowest BCUT2D eigenvalue weighted by molar-refractivity contribution is -0.130. The molecule has 1 amide bonds. The third kappa shape index (κ3) is 3.79. The van der Waals surface area contributed by atoms with Crippen LogP contribution in [0.4, 0.5) is 0 Å². The predicted molar refractivity (Wildman–Crippen MR) is 66.9 cm³/mol. The van der Waals surface area contributed by atoms with Gasteiger partial charge in [-0.3, -0.25) is 4.79 Å². The van der Waals surface area contributed by atoms with Crippen LogP contribution in [0.3, 0.4) is 0 Å². The van der Waals surface area contributed by atoms with E-state index in [2.05, 4.69) is 6.58 Å². The summed E-state index contributed by atoms with van der Waals surface area (Å²) in [6.07, 6.45) is 2.48. The minimum Gasteiger partial charge on any atom is -0.490 e. The van der Waals surface area contributed by atoms with Crippen LogP contribution >= 0.6 is 0 Å². The number of carboxylic acid groups (broad SMARTS) is 1. The van der Waals surface area contributed by atoms with E-state index >= 15 is 0 Å². The Morgan fingerprint density at radius 2 is 1.94 bits per heavy atom. The summed E-state index contributed by atoms with van der Waals surface area (Å²) < 4.78 is 5.25. The third-order valence-corrected chi connectivity index (χ3v) is 2.05. The Balaban J connectivity index is 2.98. The van der Waals surface area contributed by atoms with Crippen molar-refractivity contribution >= 4 is 17.4 Å². The van der Waals surface area contributed by atoms with Gasteiger partial charge in [0.05, 0.1) is 5.57 Å². The summed E-state index contributed by atoms with van der Waals surface area (Å²) >= 11 is 0. The average Bonchev–Trinajstić information content (AvgIpc) is 2.34. The molecule has 0 saturated heterocycles. The number of carboxylic acids is 1. The maximum absolute atomic E-state index is 11.0. The van der Waals surface area contributed by atoms with Gasteiger partial charge >= 0.3 is 5.97 Å². The molecule has 5 heteroatoms. The molecule has 0 fully saturated rings. The number of nitrogens with two attached hydrogens (primary N) is 1. The summed E-state index contributed by atoms with van der Waals surface area (Å²) in [5.74, 6) is -1.43. The Morgan fingerprint density at radius 1 is 1.33 bits per heavy atom. The molecule has 1 aromatic carbocycles. The van der Waals surface area contributed by atoms with Gasteiger partial charge in [0.15, 0.2) is 0 Å². The molecular formula is C13H13NO4. The van der Waals surface area contributed by atoms with Crippen LogP contribution in [0.5, 0.6) is 5.75 Å². The molecule has 94 valence electrons. The fraction of sp³-hybridized carbons (Fsp3) is 0.0769. The fourth-order valence-corrected chi connectivity index (χ4v) is 1.30. The van der Waals surface area contributed by atoms with Crippen LogP contribution in [0, 0.1) is 0 Å². The largest absolute Gasteiger partial charge is 0.490 e. The van der Waals surface area contributed by atoms with Crippen LogP contribution in [0.1, 0.15) is 5.56 Å². The first kappa shape index (κ1) is 13.5. The molecular weight excluding hydrogens is 234 g/mol. The second kappa shape index (κ2) is 6.24. The first-order valence-corrected chi connectivity index (χ1v) is 5.13. The van der Waals surface area contributed by atoms with Gasteiger partial charge < -0.3 is 15.6 Å². The lowest BCUT2D eigenvalue weighted by Gasteiger charge is -2.05. The van der Waals surface area contributed by atoms with Gasteiger partial charge in [-0.05, 0) is 17.7 Å². The highest BCUT2D eigenvalue weighted by molar-refractivity contribution is 6.20. The Morgan fingerprint density at radius 3 is 2.39 bits per heavy atom. The summed E-state index contributed by atoms with van der Waals surface area (Å²) in [6.45, 7) is 3.88. The fourth-order valence-electron chi connectivity index (χ4n) is 1.30. The minimum absolute atomic E-state index is 0.155. The van der Waals surface area contributed by atoms with Crippen molar-refractivity contribution in [3.8, 4) is 5.75 Å². The number of hydrogen-bond donors (Lipinski definition) is 2. The molecule has 0 aliphatic heterocycles. The maximum Gasteiger partial charge on any atom is 0.336 e. The molecule has 0 heterocycles. The maximum atomic E-state index is 11.0. The van der Waals surface area contributed by atoms with Crippen molar-refractivity contribution < 1.29 is 19.4 Å². The summed E-state index contributed by atoms with van der Waals surface area (Å²) in [7, 11) is 0. The summed E-state index contributed by atoms with van der Waals surface area (Å²) in [5.41, 5.74) is 5.18. The van der Waals surface area contributed by atoms with Gasteiger partial charge in [0.25, 0.3) is 0 Å². The summed E-state index contributed by atoms with van der Waals surface area (Å²) in [6, 6.07) is 6.30. The SMILES string of the molecule is C=CCOc1ccc(/C(=C/C(N)=O)C(=O)O)cc1. The van der Waals surface area contributed by atoms with Crippen molar-refractivity contribution in [3.05, 3.63) is 48.6 Å². The van der Waals surface area contributed by atoms with Crippen molar-refractivity contribution in [2.45, 2.75) is 0 Å². The molecule has 3 N–H and O–H groups in total. The van der Waals surface area contributed by atoms with E-state index in [0.29, 0.717) is 17.9 Å². The molecule has 1 aromatic rings. The Bertz CT molecular complexity index is 488. The number of primary amides is 1. The molecule has 0 aromatic heterocycles. The van der Waals surface area contributed by atoms with Gasteiger partial charge in [-0.1, -0.05) is 24.8 Å². The van der Waals surface area contributed by atoms with Crippen LogP contribution in [-0.4, -0.2) is 23.6 Å². The van der Waals surface area contributed by atoms with E-state index in [1.165, 1.54) is 0 Å². The molecule has 0 bridgehead atoms. The van der Waals surface area contributed by atoms with Crippen molar-refractivity contribution in [3.63, 3.8) is 0 Å². The number of amides is 1. The van der Waals surface area contributed by atoms with Crippen molar-refractivity contribution in [1.29, 1.82) is 0 Å².